The van der Waals surface area contributed by atoms with Crippen molar-refractivity contribution in [2.75, 3.05) is 11.9 Å². The number of nitrogens with zero attached hydrogens (tertiary/aromatic N) is 2. The number of aromatic hydroxyl groups is 1. The minimum atomic E-state index is -4.58. The van der Waals surface area contributed by atoms with Crippen molar-refractivity contribution >= 4 is 58.7 Å². The van der Waals surface area contributed by atoms with Crippen LogP contribution in [0.2, 0.25) is 5.02 Å². The predicted octanol–water partition coefficient (Wildman–Crippen LogP) is 4.29. The Morgan fingerprint density at radius 3 is 2.62 bits per heavy atom. The van der Waals surface area contributed by atoms with Gasteiger partial charge in [0, 0.05) is 36.8 Å². The van der Waals surface area contributed by atoms with E-state index in [1.807, 2.05) is 4.83 Å². The number of aromatic nitrogens is 2. The number of thiophene rings is 1. The fourth-order valence-electron chi connectivity index (χ4n) is 3.70. The maximum atomic E-state index is 12.8. The van der Waals surface area contributed by atoms with Gasteiger partial charge >= 0.3 is 15.2 Å². The Labute approximate surface area is 244 Å². The van der Waals surface area contributed by atoms with Gasteiger partial charge in [0.2, 0.25) is 5.91 Å². The summed E-state index contributed by atoms with van der Waals surface area (Å²) in [5.74, 6) is -1.57. The molecule has 11 nitrogen and oxygen atoms in total. The number of hydrogen-bond donors (Lipinski definition) is 5. The molecular weight excluding hydrogens is 621 g/mol. The largest absolute Gasteiger partial charge is 0.505 e. The van der Waals surface area contributed by atoms with E-state index < -0.39 is 42.1 Å². The van der Waals surface area contributed by atoms with Gasteiger partial charge in [-0.1, -0.05) is 28.6 Å². The van der Waals surface area contributed by atoms with Crippen LogP contribution in [0.25, 0.3) is 10.9 Å². The summed E-state index contributed by atoms with van der Waals surface area (Å²) in [4.78, 5) is 35.0. The lowest BCUT2D eigenvalue weighted by Crippen LogP contribution is -2.40. The molecule has 2 amide bonds. The number of hydrogen-bond acceptors (Lipinski definition) is 8. The number of carbonyl (C=O) groups is 2. The smallest absolute Gasteiger partial charge is 0.426 e. The number of pyridine rings is 2. The second kappa shape index (κ2) is 12.9. The maximum Gasteiger partial charge on any atom is 0.426 e. The molecular formula is C25H23ClF3N6O5S2+. The highest BCUT2D eigenvalue weighted by molar-refractivity contribution is 8.38. The summed E-state index contributed by atoms with van der Waals surface area (Å²) in [7, 11) is -5.62. The number of carbonyl (C=O) groups excluding carboxylic acids is 2. The number of rotatable bonds is 11. The first-order valence-corrected chi connectivity index (χ1v) is 15.8. The van der Waals surface area contributed by atoms with E-state index in [-0.39, 0.29) is 53.6 Å². The van der Waals surface area contributed by atoms with Gasteiger partial charge in [0.1, 0.15) is 20.8 Å². The van der Waals surface area contributed by atoms with Crippen molar-refractivity contribution in [1.82, 2.24) is 25.5 Å². The van der Waals surface area contributed by atoms with Crippen LogP contribution in [-0.4, -0.2) is 41.9 Å². The minimum absolute atomic E-state index is 0.0129. The third kappa shape index (κ3) is 7.44. The molecule has 42 heavy (non-hydrogen) atoms. The van der Waals surface area contributed by atoms with E-state index in [2.05, 4.69) is 26.0 Å². The zero-order chi connectivity index (χ0) is 30.5. The Morgan fingerprint density at radius 2 is 1.88 bits per heavy atom. The lowest BCUT2D eigenvalue weighted by Gasteiger charge is -2.10. The van der Waals surface area contributed by atoms with Crippen LogP contribution in [0.4, 0.5) is 19.0 Å². The maximum absolute atomic E-state index is 12.8. The third-order valence-electron chi connectivity index (χ3n) is 5.75. The van der Waals surface area contributed by atoms with Gasteiger partial charge in [-0.2, -0.15) is 21.6 Å². The summed E-state index contributed by atoms with van der Waals surface area (Å²) in [5.41, 5.74) is 1.35. The fourth-order valence-corrected chi connectivity index (χ4v) is 7.73. The molecule has 0 fully saturated rings. The lowest BCUT2D eigenvalue weighted by molar-refractivity contribution is -0.137. The molecule has 0 spiro atoms. The van der Waals surface area contributed by atoms with Crippen molar-refractivity contribution < 1.29 is 36.3 Å². The number of alkyl halides is 3. The van der Waals surface area contributed by atoms with Crippen LogP contribution in [0.3, 0.4) is 0 Å². The van der Waals surface area contributed by atoms with Crippen LogP contribution in [0.15, 0.2) is 60.2 Å². The zero-order valence-electron chi connectivity index (χ0n) is 21.4. The summed E-state index contributed by atoms with van der Waals surface area (Å²) in [6, 6.07) is 10.3. The van der Waals surface area contributed by atoms with Gasteiger partial charge in [0.25, 0.3) is 5.91 Å². The second-order valence-corrected chi connectivity index (χ2v) is 14.0. The first kappa shape index (κ1) is 31.0. The summed E-state index contributed by atoms with van der Waals surface area (Å²) < 4.78 is 63.8. The molecule has 0 aliphatic rings. The molecule has 4 rings (SSSR count). The highest BCUT2D eigenvalue weighted by Crippen LogP contribution is 2.33. The molecule has 1 atom stereocenters. The van der Waals surface area contributed by atoms with Crippen molar-refractivity contribution in [2.24, 2.45) is 0 Å². The Balaban J connectivity index is 1.26. The monoisotopic (exact) mass is 643 g/mol. The molecule has 0 saturated heterocycles. The minimum Gasteiger partial charge on any atom is -0.505 e. The fraction of sp³-hybridized carbons (Fsp3) is 0.200. The molecule has 1 aromatic carbocycles. The molecule has 4 aromatic rings. The van der Waals surface area contributed by atoms with Crippen LogP contribution in [0, 0.1) is 0 Å². The first-order valence-electron chi connectivity index (χ1n) is 12.1. The second-order valence-electron chi connectivity index (χ2n) is 8.67. The summed E-state index contributed by atoms with van der Waals surface area (Å²) >= 11 is 5.82. The van der Waals surface area contributed by atoms with Crippen LogP contribution in [0.5, 0.6) is 5.75 Å². The van der Waals surface area contributed by atoms with Crippen molar-refractivity contribution in [1.29, 1.82) is 0 Å². The molecule has 17 heteroatoms. The molecule has 3 heterocycles. The Hall–Kier alpha value is -3.99. The summed E-state index contributed by atoms with van der Waals surface area (Å²) in [5, 5.41) is 17.6. The SMILES string of the molecule is O=C(CCCNc1ncc(C(F)(F)F)cc1Cl)NNS(=O)(=O)[s+]1cccc1CNC(=O)c1ccc2cccnc2c1O. The molecule has 0 bridgehead atoms. The van der Waals surface area contributed by atoms with Gasteiger partial charge in [-0.25, -0.2) is 4.98 Å². The van der Waals surface area contributed by atoms with E-state index in [0.29, 0.717) is 16.5 Å². The number of nitrogens with one attached hydrogen (secondary N) is 4. The molecule has 0 aliphatic carbocycles. The van der Waals surface area contributed by atoms with Crippen LogP contribution < -0.4 is 20.9 Å². The highest BCUT2D eigenvalue weighted by atomic mass is 35.5. The molecule has 0 saturated carbocycles. The van der Waals surface area contributed by atoms with E-state index in [9.17, 15) is 36.3 Å². The van der Waals surface area contributed by atoms with E-state index in [1.54, 1.807) is 18.2 Å². The average Bonchev–Trinajstić information content (AvgIpc) is 3.43. The Kier molecular flexibility index (Phi) is 9.50. The van der Waals surface area contributed by atoms with Gasteiger partial charge in [-0.3, -0.25) is 20.0 Å². The average molecular weight is 644 g/mol. The molecule has 5 N–H and O–H groups in total. The number of hydrazine groups is 1. The zero-order valence-corrected chi connectivity index (χ0v) is 23.8. The Morgan fingerprint density at radius 1 is 1.10 bits per heavy atom. The molecule has 1 unspecified atom stereocenters. The summed E-state index contributed by atoms with van der Waals surface area (Å²) in [6.45, 7) is -0.0174. The number of benzene rings is 1. The molecule has 222 valence electrons. The van der Waals surface area contributed by atoms with E-state index in [0.717, 1.165) is 6.07 Å². The normalized spacial score (nSPS) is 12.2. The van der Waals surface area contributed by atoms with Crippen molar-refractivity contribution in [3.63, 3.8) is 0 Å². The number of fused-ring (bicyclic) bond motifs is 1. The number of phenols is 1. The summed E-state index contributed by atoms with van der Waals surface area (Å²) in [6.07, 6.45) is -2.41. The van der Waals surface area contributed by atoms with E-state index in [4.69, 9.17) is 11.6 Å². The van der Waals surface area contributed by atoms with E-state index >= 15 is 0 Å². The number of halogens is 4. The van der Waals surface area contributed by atoms with Crippen molar-refractivity contribution in [3.05, 3.63) is 81.3 Å². The van der Waals surface area contributed by atoms with Crippen LogP contribution >= 0.6 is 21.1 Å². The molecule has 0 radical (unpaired) electrons. The molecule has 3 aromatic heterocycles. The first-order chi connectivity index (χ1) is 19.9. The third-order valence-corrected chi connectivity index (χ3v) is 10.7. The van der Waals surface area contributed by atoms with Crippen molar-refractivity contribution in [3.8, 4) is 5.75 Å². The van der Waals surface area contributed by atoms with Crippen molar-refractivity contribution in [2.45, 2.75) is 25.6 Å². The number of amides is 2. The van der Waals surface area contributed by atoms with E-state index in [1.165, 1.54) is 29.8 Å². The standard InChI is InChI=1S/C25H22ClF3N6O5S2/c26-19-12-16(25(27,28)29)13-32-23(19)31-10-2-6-20(36)34-35-42(39,40)41-11-3-5-17(41)14-33-24(38)18-8-7-15-4-1-9-30-21(15)22(18)37/h1,3-5,7-9,11-13H,2,6,10,14H2,(H4-,30,31,32,33,34,35,36,37,38)/p+1. The van der Waals surface area contributed by atoms with Crippen LogP contribution in [0.1, 0.15) is 33.6 Å². The predicted molar refractivity (Wildman–Crippen MR) is 151 cm³/mol. The topological polar surface area (TPSA) is 162 Å². The quantitative estimate of drug-likeness (QED) is 0.0700. The molecule has 0 aliphatic heterocycles. The van der Waals surface area contributed by atoms with Gasteiger partial charge in [-0.05, 0) is 30.7 Å². The van der Waals surface area contributed by atoms with Gasteiger partial charge in [0.15, 0.2) is 16.0 Å². The van der Waals surface area contributed by atoms with Gasteiger partial charge < -0.3 is 15.7 Å². The number of phenolic OH excluding ortho intramolecular Hbond substituents is 1. The van der Waals surface area contributed by atoms with Crippen LogP contribution in [-0.2, 0) is 26.6 Å². The number of anilines is 1. The highest BCUT2D eigenvalue weighted by Gasteiger charge is 2.32. The lowest BCUT2D eigenvalue weighted by atomic mass is 10.1. The van der Waals surface area contributed by atoms with Gasteiger partial charge in [0.05, 0.1) is 22.7 Å². The Bertz CT molecular complexity index is 1730. The van der Waals surface area contributed by atoms with Gasteiger partial charge in [-0.15, -0.1) is 0 Å².